The SMILES string of the molecule is C1=CCOC=C1.CCCCCC1CCCc2c1ccc1c2ccc2ccccc21. The van der Waals surface area contributed by atoms with Crippen LogP contribution in [0.25, 0.3) is 21.5 Å². The van der Waals surface area contributed by atoms with E-state index in [0.717, 1.165) is 12.5 Å². The molecule has 1 nitrogen and oxygen atoms in total. The highest BCUT2D eigenvalue weighted by molar-refractivity contribution is 6.08. The van der Waals surface area contributed by atoms with E-state index >= 15 is 0 Å². The maximum atomic E-state index is 4.80. The summed E-state index contributed by atoms with van der Waals surface area (Å²) >= 11 is 0. The van der Waals surface area contributed by atoms with Crippen LogP contribution in [0.15, 0.2) is 73.0 Å². The quantitative estimate of drug-likeness (QED) is 0.326. The van der Waals surface area contributed by atoms with Gasteiger partial charge < -0.3 is 4.74 Å². The zero-order chi connectivity index (χ0) is 19.9. The van der Waals surface area contributed by atoms with E-state index in [1.165, 1.54) is 66.5 Å². The number of aryl methyl sites for hydroxylation is 1. The van der Waals surface area contributed by atoms with Crippen LogP contribution in [0.4, 0.5) is 0 Å². The topological polar surface area (TPSA) is 9.23 Å². The fourth-order valence-corrected chi connectivity index (χ4v) is 4.80. The Morgan fingerprint density at radius 1 is 0.897 bits per heavy atom. The maximum absolute atomic E-state index is 4.80. The summed E-state index contributed by atoms with van der Waals surface area (Å²) in [4.78, 5) is 0. The summed E-state index contributed by atoms with van der Waals surface area (Å²) in [6, 6.07) is 18.3. The lowest BCUT2D eigenvalue weighted by Gasteiger charge is -2.27. The van der Waals surface area contributed by atoms with Crippen LogP contribution in [0.5, 0.6) is 0 Å². The van der Waals surface area contributed by atoms with Gasteiger partial charge in [-0.1, -0.05) is 80.8 Å². The van der Waals surface area contributed by atoms with Gasteiger partial charge in [0.05, 0.1) is 6.26 Å². The van der Waals surface area contributed by atoms with E-state index in [1.807, 2.05) is 18.2 Å². The highest BCUT2D eigenvalue weighted by atomic mass is 16.5. The molecule has 0 radical (unpaired) electrons. The molecule has 2 aliphatic rings. The van der Waals surface area contributed by atoms with Gasteiger partial charge in [-0.05, 0) is 76.4 Å². The number of hydrogen-bond donors (Lipinski definition) is 0. The van der Waals surface area contributed by atoms with Crippen LogP contribution in [0.1, 0.15) is 62.5 Å². The molecule has 0 saturated heterocycles. The molecule has 0 bridgehead atoms. The molecular weight excluding hydrogens is 352 g/mol. The molecule has 0 N–H and O–H groups in total. The third-order valence-electron chi connectivity index (χ3n) is 6.26. The number of benzene rings is 3. The van der Waals surface area contributed by atoms with Crippen molar-refractivity contribution < 1.29 is 4.74 Å². The molecule has 0 fully saturated rings. The van der Waals surface area contributed by atoms with Crippen molar-refractivity contribution in [3.05, 3.63) is 84.1 Å². The Labute approximate surface area is 175 Å². The van der Waals surface area contributed by atoms with Gasteiger partial charge in [-0.2, -0.15) is 0 Å². The van der Waals surface area contributed by atoms with E-state index in [1.54, 1.807) is 17.4 Å². The van der Waals surface area contributed by atoms with Crippen LogP contribution < -0.4 is 0 Å². The minimum absolute atomic E-state index is 0.733. The van der Waals surface area contributed by atoms with Gasteiger partial charge in [0, 0.05) is 0 Å². The maximum Gasteiger partial charge on any atom is 0.106 e. The number of ether oxygens (including phenoxy) is 1. The molecule has 1 aliphatic heterocycles. The zero-order valence-corrected chi connectivity index (χ0v) is 17.6. The van der Waals surface area contributed by atoms with Crippen LogP contribution in [-0.4, -0.2) is 6.61 Å². The lowest BCUT2D eigenvalue weighted by Crippen LogP contribution is -2.10. The van der Waals surface area contributed by atoms with E-state index in [4.69, 9.17) is 4.74 Å². The smallest absolute Gasteiger partial charge is 0.106 e. The molecule has 1 atom stereocenters. The summed E-state index contributed by atoms with van der Waals surface area (Å²) in [5.74, 6) is 0.793. The third-order valence-corrected chi connectivity index (χ3v) is 6.26. The molecule has 3 aromatic rings. The third kappa shape index (κ3) is 4.56. The van der Waals surface area contributed by atoms with Crippen molar-refractivity contribution in [3.8, 4) is 0 Å². The zero-order valence-electron chi connectivity index (χ0n) is 17.6. The summed E-state index contributed by atoms with van der Waals surface area (Å²) in [7, 11) is 0. The number of fused-ring (bicyclic) bond motifs is 5. The van der Waals surface area contributed by atoms with Crippen molar-refractivity contribution in [1.29, 1.82) is 0 Å². The summed E-state index contributed by atoms with van der Waals surface area (Å²) in [5, 5.41) is 5.70. The Morgan fingerprint density at radius 2 is 1.79 bits per heavy atom. The van der Waals surface area contributed by atoms with E-state index in [0.29, 0.717) is 0 Å². The molecule has 1 unspecified atom stereocenters. The van der Waals surface area contributed by atoms with Crippen molar-refractivity contribution >= 4 is 21.5 Å². The van der Waals surface area contributed by atoms with Crippen LogP contribution in [-0.2, 0) is 11.2 Å². The highest BCUT2D eigenvalue weighted by Crippen LogP contribution is 2.40. The minimum Gasteiger partial charge on any atom is -0.497 e. The predicted molar refractivity (Wildman–Crippen MR) is 126 cm³/mol. The average molecular weight is 385 g/mol. The summed E-state index contributed by atoms with van der Waals surface area (Å²) in [5.41, 5.74) is 3.29. The molecule has 150 valence electrons. The Hall–Kier alpha value is -2.54. The number of allylic oxidation sites excluding steroid dienone is 2. The van der Waals surface area contributed by atoms with E-state index in [9.17, 15) is 0 Å². The average Bonchev–Trinajstić information content (AvgIpc) is 2.80. The van der Waals surface area contributed by atoms with Crippen LogP contribution in [0.3, 0.4) is 0 Å². The van der Waals surface area contributed by atoms with Gasteiger partial charge >= 0.3 is 0 Å². The molecule has 1 heterocycles. The largest absolute Gasteiger partial charge is 0.497 e. The minimum atomic E-state index is 0.733. The molecule has 3 aromatic carbocycles. The fourth-order valence-electron chi connectivity index (χ4n) is 4.80. The Morgan fingerprint density at radius 3 is 2.55 bits per heavy atom. The fraction of sp³-hybridized carbons (Fsp3) is 0.357. The first-order valence-corrected chi connectivity index (χ1v) is 11.2. The second-order valence-corrected chi connectivity index (χ2v) is 8.19. The summed E-state index contributed by atoms with van der Waals surface area (Å²) in [6.45, 7) is 3.03. The van der Waals surface area contributed by atoms with Crippen LogP contribution >= 0.6 is 0 Å². The molecule has 0 saturated carbocycles. The normalized spacial score (nSPS) is 17.5. The second-order valence-electron chi connectivity index (χ2n) is 8.19. The molecular formula is C28H32O. The molecule has 1 heteroatoms. The van der Waals surface area contributed by atoms with Gasteiger partial charge in [0.1, 0.15) is 6.61 Å². The van der Waals surface area contributed by atoms with Crippen molar-refractivity contribution in [1.82, 2.24) is 0 Å². The van der Waals surface area contributed by atoms with Crippen molar-refractivity contribution in [3.63, 3.8) is 0 Å². The lowest BCUT2D eigenvalue weighted by atomic mass is 9.78. The molecule has 1 aliphatic carbocycles. The number of unbranched alkanes of at least 4 members (excludes halogenated alkanes) is 2. The van der Waals surface area contributed by atoms with E-state index in [2.05, 4.69) is 55.5 Å². The Balaban J connectivity index is 0.000000294. The first kappa shape index (κ1) is 19.8. The molecule has 0 spiro atoms. The Bertz CT molecular complexity index is 999. The summed E-state index contributed by atoms with van der Waals surface area (Å²) < 4.78 is 4.80. The van der Waals surface area contributed by atoms with Gasteiger partial charge in [-0.15, -0.1) is 0 Å². The van der Waals surface area contributed by atoms with Crippen molar-refractivity contribution in [2.75, 3.05) is 6.61 Å². The van der Waals surface area contributed by atoms with Crippen LogP contribution in [0, 0.1) is 0 Å². The number of hydrogen-bond acceptors (Lipinski definition) is 1. The first-order valence-electron chi connectivity index (χ1n) is 11.2. The van der Waals surface area contributed by atoms with Crippen molar-refractivity contribution in [2.24, 2.45) is 0 Å². The Kier molecular flexibility index (Phi) is 6.67. The summed E-state index contributed by atoms with van der Waals surface area (Å²) in [6.07, 6.45) is 16.9. The highest BCUT2D eigenvalue weighted by Gasteiger charge is 2.21. The number of rotatable bonds is 4. The van der Waals surface area contributed by atoms with Gasteiger partial charge in [0.15, 0.2) is 0 Å². The van der Waals surface area contributed by atoms with E-state index in [-0.39, 0.29) is 0 Å². The predicted octanol–water partition coefficient (Wildman–Crippen LogP) is 8.08. The van der Waals surface area contributed by atoms with Gasteiger partial charge in [-0.3, -0.25) is 0 Å². The standard InChI is InChI=1S/C23H26.C5H6O/c1-2-3-4-8-17-10-7-12-21-20(17)15-16-22-19-11-6-5-9-18(19)13-14-23(21)22;1-2-4-6-5-3-1/h5-6,9,11,13-17H,2-4,7-8,10,12H2,1H3;1-4H,5H2. The first-order chi connectivity index (χ1) is 14.4. The monoisotopic (exact) mass is 384 g/mol. The van der Waals surface area contributed by atoms with Gasteiger partial charge in [0.2, 0.25) is 0 Å². The van der Waals surface area contributed by atoms with Gasteiger partial charge in [-0.25, -0.2) is 0 Å². The van der Waals surface area contributed by atoms with Crippen molar-refractivity contribution in [2.45, 2.75) is 57.8 Å². The van der Waals surface area contributed by atoms with E-state index < -0.39 is 0 Å². The van der Waals surface area contributed by atoms with Crippen LogP contribution in [0.2, 0.25) is 0 Å². The lowest BCUT2D eigenvalue weighted by molar-refractivity contribution is 0.286. The molecule has 0 amide bonds. The second kappa shape index (κ2) is 9.78. The molecule has 29 heavy (non-hydrogen) atoms. The molecule has 0 aromatic heterocycles. The van der Waals surface area contributed by atoms with Gasteiger partial charge in [0.25, 0.3) is 0 Å². The molecule has 5 rings (SSSR count).